The Kier molecular flexibility index (Phi) is 4.59. The first-order valence-electron chi connectivity index (χ1n) is 5.70. The molecule has 0 unspecified atom stereocenters. The van der Waals surface area contributed by atoms with Crippen LogP contribution in [0.15, 0.2) is 32.1 Å². The molecule has 92 valence electrons. The molecule has 1 aromatic carbocycles. The van der Waals surface area contributed by atoms with E-state index in [1.165, 1.54) is 25.7 Å². The fourth-order valence-electron chi connectivity index (χ4n) is 2.08. The highest BCUT2D eigenvalue weighted by Crippen LogP contribution is 2.25. The van der Waals surface area contributed by atoms with Crippen LogP contribution in [0.2, 0.25) is 0 Å². The Balaban J connectivity index is 2.27. The van der Waals surface area contributed by atoms with Gasteiger partial charge in [-0.05, 0) is 47.0 Å². The van der Waals surface area contributed by atoms with Gasteiger partial charge in [-0.2, -0.15) is 0 Å². The molecule has 2 rings (SSSR count). The number of hydrazine groups is 1. The van der Waals surface area contributed by atoms with Crippen LogP contribution in [0.25, 0.3) is 0 Å². The van der Waals surface area contributed by atoms with Gasteiger partial charge >= 0.3 is 0 Å². The summed E-state index contributed by atoms with van der Waals surface area (Å²) in [6.07, 6.45) is 4.87. The zero-order valence-corrected chi connectivity index (χ0v) is 12.6. The van der Waals surface area contributed by atoms with Gasteiger partial charge in [0.25, 0.3) is 0 Å². The lowest BCUT2D eigenvalue weighted by atomic mass is 10.2. The van der Waals surface area contributed by atoms with Crippen LogP contribution in [0.5, 0.6) is 0 Å². The third kappa shape index (κ3) is 3.30. The Hall–Kier alpha value is -0.390. The van der Waals surface area contributed by atoms with Crippen molar-refractivity contribution in [1.82, 2.24) is 5.43 Å². The van der Waals surface area contributed by atoms with E-state index in [4.69, 9.17) is 10.8 Å². The molecule has 0 atom stereocenters. The molecule has 0 bridgehead atoms. The molecule has 1 fully saturated rings. The molecule has 0 aliphatic heterocycles. The maximum absolute atomic E-state index is 5.58. The van der Waals surface area contributed by atoms with Crippen molar-refractivity contribution in [2.45, 2.75) is 31.7 Å². The number of nitrogens with two attached hydrogens (primary N) is 1. The number of amidine groups is 1. The summed E-state index contributed by atoms with van der Waals surface area (Å²) in [4.78, 5) is 4.69. The van der Waals surface area contributed by atoms with Crippen LogP contribution in [0, 0.1) is 0 Å². The van der Waals surface area contributed by atoms with Gasteiger partial charge in [-0.15, -0.1) is 0 Å². The van der Waals surface area contributed by atoms with E-state index in [1.54, 1.807) is 0 Å². The third-order valence-electron chi connectivity index (χ3n) is 2.96. The van der Waals surface area contributed by atoms with Gasteiger partial charge in [-0.25, -0.2) is 5.84 Å². The van der Waals surface area contributed by atoms with E-state index in [0.29, 0.717) is 6.04 Å². The standard InChI is InChI=1S/C12H15Br2N3/c13-8-5-6-10(11(14)7-8)12(17-15)16-9-3-1-2-4-9/h5-7,9H,1-4,15H2,(H,16,17). The third-order valence-corrected chi connectivity index (χ3v) is 4.11. The number of nitrogens with one attached hydrogen (secondary N) is 1. The van der Waals surface area contributed by atoms with Crippen molar-refractivity contribution in [2.24, 2.45) is 10.8 Å². The summed E-state index contributed by atoms with van der Waals surface area (Å²) in [7, 11) is 0. The second kappa shape index (κ2) is 5.98. The number of nitrogens with zero attached hydrogens (tertiary/aromatic N) is 1. The molecule has 3 nitrogen and oxygen atoms in total. The fraction of sp³-hybridized carbons (Fsp3) is 0.417. The lowest BCUT2D eigenvalue weighted by Gasteiger charge is -2.11. The van der Waals surface area contributed by atoms with Gasteiger partial charge in [0.15, 0.2) is 0 Å². The topological polar surface area (TPSA) is 50.4 Å². The van der Waals surface area contributed by atoms with Gasteiger partial charge in [0.1, 0.15) is 5.84 Å². The van der Waals surface area contributed by atoms with Crippen molar-refractivity contribution in [3.63, 3.8) is 0 Å². The van der Waals surface area contributed by atoms with Gasteiger partial charge in [-0.3, -0.25) is 4.99 Å². The molecule has 1 aliphatic rings. The maximum atomic E-state index is 5.58. The van der Waals surface area contributed by atoms with E-state index in [0.717, 1.165) is 20.3 Å². The molecule has 5 heteroatoms. The molecular formula is C12H15Br2N3. The number of aliphatic imine (C=N–C) groups is 1. The average Bonchev–Trinajstić information content (AvgIpc) is 2.79. The lowest BCUT2D eigenvalue weighted by Crippen LogP contribution is -2.32. The van der Waals surface area contributed by atoms with Crippen LogP contribution in [0.4, 0.5) is 0 Å². The predicted octanol–water partition coefficient (Wildman–Crippen LogP) is 3.36. The van der Waals surface area contributed by atoms with Crippen LogP contribution in [-0.4, -0.2) is 11.9 Å². The molecule has 0 radical (unpaired) electrons. The van der Waals surface area contributed by atoms with E-state index < -0.39 is 0 Å². The highest BCUT2D eigenvalue weighted by atomic mass is 79.9. The summed E-state index contributed by atoms with van der Waals surface area (Å²) >= 11 is 6.97. The summed E-state index contributed by atoms with van der Waals surface area (Å²) < 4.78 is 2.02. The summed E-state index contributed by atoms with van der Waals surface area (Å²) in [6.45, 7) is 0. The second-order valence-corrected chi connectivity index (χ2v) is 5.95. The normalized spacial score (nSPS) is 17.5. The summed E-state index contributed by atoms with van der Waals surface area (Å²) in [6, 6.07) is 6.40. The molecular weight excluding hydrogens is 346 g/mol. The van der Waals surface area contributed by atoms with Gasteiger partial charge in [0.2, 0.25) is 0 Å². The fourth-order valence-corrected chi connectivity index (χ4v) is 3.32. The minimum Gasteiger partial charge on any atom is -0.308 e. The Morgan fingerprint density at radius 1 is 1.29 bits per heavy atom. The summed E-state index contributed by atoms with van der Waals surface area (Å²) in [5.41, 5.74) is 3.71. The average molecular weight is 361 g/mol. The minimum atomic E-state index is 0.414. The van der Waals surface area contributed by atoms with Gasteiger partial charge in [-0.1, -0.05) is 28.8 Å². The molecule has 0 heterocycles. The SMILES string of the molecule is NNC(=NC1CCCC1)c1ccc(Br)cc1Br. The Bertz CT molecular complexity index is 426. The highest BCUT2D eigenvalue weighted by molar-refractivity contribution is 9.11. The molecule has 1 aromatic rings. The van der Waals surface area contributed by atoms with Gasteiger partial charge in [0.05, 0.1) is 6.04 Å². The van der Waals surface area contributed by atoms with Crippen LogP contribution in [-0.2, 0) is 0 Å². The van der Waals surface area contributed by atoms with Crippen LogP contribution in [0.3, 0.4) is 0 Å². The van der Waals surface area contributed by atoms with E-state index in [1.807, 2.05) is 18.2 Å². The lowest BCUT2D eigenvalue weighted by molar-refractivity contribution is 0.700. The summed E-state index contributed by atoms with van der Waals surface area (Å²) in [5.74, 6) is 6.34. The van der Waals surface area contributed by atoms with E-state index in [2.05, 4.69) is 37.3 Å². The van der Waals surface area contributed by atoms with Crippen molar-refractivity contribution < 1.29 is 0 Å². The molecule has 0 spiro atoms. The van der Waals surface area contributed by atoms with Crippen molar-refractivity contribution in [3.8, 4) is 0 Å². The highest BCUT2D eigenvalue weighted by Gasteiger charge is 2.16. The van der Waals surface area contributed by atoms with E-state index in [9.17, 15) is 0 Å². The zero-order valence-electron chi connectivity index (χ0n) is 9.42. The number of benzene rings is 1. The molecule has 0 saturated heterocycles. The number of hydrogen-bond acceptors (Lipinski definition) is 2. The smallest absolute Gasteiger partial charge is 0.143 e. The second-order valence-electron chi connectivity index (χ2n) is 4.18. The van der Waals surface area contributed by atoms with Gasteiger partial charge in [0, 0.05) is 14.5 Å². The van der Waals surface area contributed by atoms with Crippen molar-refractivity contribution in [3.05, 3.63) is 32.7 Å². The monoisotopic (exact) mass is 359 g/mol. The van der Waals surface area contributed by atoms with E-state index in [-0.39, 0.29) is 0 Å². The summed E-state index contributed by atoms with van der Waals surface area (Å²) in [5, 5.41) is 0. The molecule has 1 saturated carbocycles. The Morgan fingerprint density at radius 2 is 2.00 bits per heavy atom. The minimum absolute atomic E-state index is 0.414. The Labute approximate surface area is 118 Å². The van der Waals surface area contributed by atoms with Crippen LogP contribution in [0.1, 0.15) is 31.2 Å². The molecule has 0 aromatic heterocycles. The molecule has 0 amide bonds. The first kappa shape index (κ1) is 13.1. The number of halogens is 2. The predicted molar refractivity (Wildman–Crippen MR) is 78.0 cm³/mol. The Morgan fingerprint density at radius 3 is 2.59 bits per heavy atom. The first-order chi connectivity index (χ1) is 8.20. The molecule has 3 N–H and O–H groups in total. The number of hydrogen-bond donors (Lipinski definition) is 2. The van der Waals surface area contributed by atoms with Crippen molar-refractivity contribution in [1.29, 1.82) is 0 Å². The maximum Gasteiger partial charge on any atom is 0.143 e. The quantitative estimate of drug-likeness (QED) is 0.367. The largest absolute Gasteiger partial charge is 0.308 e. The van der Waals surface area contributed by atoms with Crippen molar-refractivity contribution in [2.75, 3.05) is 0 Å². The molecule has 1 aliphatic carbocycles. The van der Waals surface area contributed by atoms with Crippen LogP contribution < -0.4 is 11.3 Å². The first-order valence-corrected chi connectivity index (χ1v) is 7.29. The molecule has 17 heavy (non-hydrogen) atoms. The zero-order chi connectivity index (χ0) is 12.3. The van der Waals surface area contributed by atoms with Crippen LogP contribution >= 0.6 is 31.9 Å². The number of rotatable bonds is 2. The van der Waals surface area contributed by atoms with Crippen molar-refractivity contribution >= 4 is 37.7 Å². The van der Waals surface area contributed by atoms with Gasteiger partial charge < -0.3 is 5.43 Å². The van der Waals surface area contributed by atoms with E-state index >= 15 is 0 Å².